The molecule has 1 heterocycles. The number of aliphatic carboxylic acids is 4. The molecule has 0 amide bonds. The maximum atomic E-state index is 11.8. The number of hydrogen-bond donors (Lipinski definition) is 4. The predicted octanol–water partition coefficient (Wildman–Crippen LogP) is -2.42. The first-order valence-corrected chi connectivity index (χ1v) is 11.9. The smallest absolute Gasteiger partial charge is 0.317 e. The third-order valence-corrected chi connectivity index (χ3v) is 5.86. The molecule has 0 aromatic heterocycles. The third kappa shape index (κ3) is 13.3. The van der Waals surface area contributed by atoms with Crippen LogP contribution in [0.4, 0.5) is 0 Å². The van der Waals surface area contributed by atoms with Crippen molar-refractivity contribution in [3.05, 3.63) is 0 Å². The molecule has 0 unspecified atom stereocenters. The first-order valence-electron chi connectivity index (χ1n) is 11.9. The lowest BCUT2D eigenvalue weighted by molar-refractivity contribution is -0.144. The fraction of sp³-hybridized carbons (Fsp3) is 0.667. The van der Waals surface area contributed by atoms with Gasteiger partial charge in [-0.2, -0.15) is 0 Å². The Hall–Kier alpha value is -3.24. The quantitative estimate of drug-likeness (QED) is 0.135. The molecule has 1 aliphatic heterocycles. The Morgan fingerprint density at radius 2 is 0.921 bits per heavy atom. The molecular formula is C24H36N4O10. The van der Waals surface area contributed by atoms with Crippen molar-refractivity contribution in [2.24, 2.45) is 0 Å². The van der Waals surface area contributed by atoms with Gasteiger partial charge < -0.3 is 29.9 Å². The van der Waals surface area contributed by atoms with E-state index in [0.717, 1.165) is 0 Å². The van der Waals surface area contributed by atoms with E-state index in [2.05, 4.69) is 11.8 Å². The summed E-state index contributed by atoms with van der Waals surface area (Å²) in [6, 6.07) is -1.48. The van der Waals surface area contributed by atoms with Gasteiger partial charge in [0.25, 0.3) is 0 Å². The summed E-state index contributed by atoms with van der Waals surface area (Å²) >= 11 is 0. The van der Waals surface area contributed by atoms with E-state index in [9.17, 15) is 39.6 Å². The molecule has 0 spiro atoms. The van der Waals surface area contributed by atoms with Crippen molar-refractivity contribution in [3.8, 4) is 24.7 Å². The summed E-state index contributed by atoms with van der Waals surface area (Å²) in [5, 5.41) is 38.0. The standard InChI is InChI=1S/C24H36N4O10/c1-3-11-37-17-19-20(18-38-12-4-2)28(16-24(35)36)10-8-26(14-22(31)32)6-5-25(13-21(29)30)7-9-27(19)15-23(33)34/h1-2,19-20H,5-18H2,(H,29,30)(H,31,32)(H,33,34)(H,35,36)/t19-,20-/m1/s1. The molecule has 2 atom stereocenters. The Kier molecular flexibility index (Phi) is 15.6. The molecule has 1 fully saturated rings. The zero-order valence-corrected chi connectivity index (χ0v) is 21.2. The maximum absolute atomic E-state index is 11.8. The van der Waals surface area contributed by atoms with Crippen LogP contribution in [0.2, 0.25) is 0 Å². The van der Waals surface area contributed by atoms with E-state index in [4.69, 9.17) is 22.3 Å². The van der Waals surface area contributed by atoms with Gasteiger partial charge in [0.05, 0.1) is 51.5 Å². The average molecular weight is 541 g/mol. The van der Waals surface area contributed by atoms with E-state index >= 15 is 0 Å². The van der Waals surface area contributed by atoms with Gasteiger partial charge >= 0.3 is 23.9 Å². The van der Waals surface area contributed by atoms with Crippen molar-refractivity contribution < 1.29 is 49.1 Å². The lowest BCUT2D eigenvalue weighted by atomic mass is 10.0. The van der Waals surface area contributed by atoms with Crippen LogP contribution in [0.5, 0.6) is 0 Å². The van der Waals surface area contributed by atoms with Crippen LogP contribution in [0.25, 0.3) is 0 Å². The van der Waals surface area contributed by atoms with Crippen LogP contribution in [0.3, 0.4) is 0 Å². The summed E-state index contributed by atoms with van der Waals surface area (Å²) in [6.45, 7) is -0.983. The summed E-state index contributed by atoms with van der Waals surface area (Å²) in [4.78, 5) is 52.8. The minimum Gasteiger partial charge on any atom is -0.480 e. The molecule has 0 bridgehead atoms. The number of rotatable bonds is 14. The van der Waals surface area contributed by atoms with Crippen LogP contribution in [0.1, 0.15) is 0 Å². The molecule has 0 radical (unpaired) electrons. The first-order chi connectivity index (χ1) is 18.1. The van der Waals surface area contributed by atoms with Gasteiger partial charge in [-0.25, -0.2) is 0 Å². The SMILES string of the molecule is C#CCOC[C@@H]1[C@@H](COCC#C)N(CC(=O)O)CCN(CC(=O)O)CCN(CC(=O)O)CCN1CC(=O)O. The highest BCUT2D eigenvalue weighted by atomic mass is 16.5. The Morgan fingerprint density at radius 1 is 0.605 bits per heavy atom. The second kappa shape index (κ2) is 18.1. The van der Waals surface area contributed by atoms with Gasteiger partial charge in [0.1, 0.15) is 13.2 Å². The van der Waals surface area contributed by atoms with E-state index in [1.165, 1.54) is 0 Å². The number of carboxylic acids is 4. The van der Waals surface area contributed by atoms with Crippen LogP contribution in [0.15, 0.2) is 0 Å². The molecule has 212 valence electrons. The van der Waals surface area contributed by atoms with Crippen LogP contribution >= 0.6 is 0 Å². The number of ether oxygens (including phenoxy) is 2. The van der Waals surface area contributed by atoms with Crippen molar-refractivity contribution in [1.29, 1.82) is 0 Å². The van der Waals surface area contributed by atoms with Crippen molar-refractivity contribution in [2.75, 3.05) is 91.9 Å². The summed E-state index contributed by atoms with van der Waals surface area (Å²) in [5.41, 5.74) is 0. The van der Waals surface area contributed by atoms with E-state index in [0.29, 0.717) is 0 Å². The molecule has 1 saturated heterocycles. The zero-order valence-electron chi connectivity index (χ0n) is 21.2. The Bertz CT molecular complexity index is 801. The van der Waals surface area contributed by atoms with Gasteiger partial charge in [-0.15, -0.1) is 12.8 Å². The summed E-state index contributed by atoms with van der Waals surface area (Å²) in [6.07, 6.45) is 10.6. The Labute approximate surface area is 221 Å². The maximum Gasteiger partial charge on any atom is 0.317 e. The van der Waals surface area contributed by atoms with Gasteiger partial charge in [0, 0.05) is 39.3 Å². The van der Waals surface area contributed by atoms with E-state index in [1.54, 1.807) is 19.6 Å². The van der Waals surface area contributed by atoms with E-state index in [1.807, 2.05) is 0 Å². The lowest BCUT2D eigenvalue weighted by Crippen LogP contribution is -2.60. The third-order valence-electron chi connectivity index (χ3n) is 5.86. The largest absolute Gasteiger partial charge is 0.480 e. The molecule has 1 rings (SSSR count). The van der Waals surface area contributed by atoms with Crippen LogP contribution in [-0.4, -0.2) is 168 Å². The fourth-order valence-electron chi connectivity index (χ4n) is 4.21. The van der Waals surface area contributed by atoms with E-state index < -0.39 is 49.1 Å². The minimum atomic E-state index is -1.15. The molecular weight excluding hydrogens is 504 g/mol. The van der Waals surface area contributed by atoms with Gasteiger partial charge in [-0.1, -0.05) is 11.8 Å². The lowest BCUT2D eigenvalue weighted by Gasteiger charge is -2.43. The molecule has 14 heteroatoms. The number of carboxylic acid groups (broad SMARTS) is 4. The van der Waals surface area contributed by atoms with Crippen LogP contribution < -0.4 is 0 Å². The summed E-state index contributed by atoms with van der Waals surface area (Å²) < 4.78 is 11.2. The fourth-order valence-corrected chi connectivity index (χ4v) is 4.21. The highest BCUT2D eigenvalue weighted by Crippen LogP contribution is 2.16. The second-order valence-electron chi connectivity index (χ2n) is 8.64. The Morgan fingerprint density at radius 3 is 1.21 bits per heavy atom. The highest BCUT2D eigenvalue weighted by Gasteiger charge is 2.35. The molecule has 4 N–H and O–H groups in total. The number of nitrogens with zero attached hydrogens (tertiary/aromatic N) is 4. The van der Waals surface area contributed by atoms with Gasteiger partial charge in [0.15, 0.2) is 0 Å². The normalized spacial score (nSPS) is 20.9. The molecule has 14 nitrogen and oxygen atoms in total. The van der Waals surface area contributed by atoms with Crippen molar-refractivity contribution in [2.45, 2.75) is 12.1 Å². The first kappa shape index (κ1) is 32.8. The summed E-state index contributed by atoms with van der Waals surface area (Å²) in [5.74, 6) is 0.197. The molecule has 0 aliphatic carbocycles. The molecule has 0 aromatic carbocycles. The monoisotopic (exact) mass is 540 g/mol. The number of terminal acetylenes is 2. The molecule has 38 heavy (non-hydrogen) atoms. The highest BCUT2D eigenvalue weighted by molar-refractivity contribution is 5.70. The number of carbonyl (C=O) groups is 4. The Balaban J connectivity index is 3.53. The summed E-state index contributed by atoms with van der Waals surface area (Å²) in [7, 11) is 0. The zero-order chi connectivity index (χ0) is 28.5. The van der Waals surface area contributed by atoms with Gasteiger partial charge in [-0.3, -0.25) is 38.8 Å². The van der Waals surface area contributed by atoms with Crippen molar-refractivity contribution in [3.63, 3.8) is 0 Å². The van der Waals surface area contributed by atoms with Gasteiger partial charge in [-0.05, 0) is 0 Å². The van der Waals surface area contributed by atoms with E-state index in [-0.39, 0.29) is 78.8 Å². The number of hydrogen-bond acceptors (Lipinski definition) is 10. The van der Waals surface area contributed by atoms with Gasteiger partial charge in [0.2, 0.25) is 0 Å². The predicted molar refractivity (Wildman–Crippen MR) is 133 cm³/mol. The molecule has 0 saturated carbocycles. The minimum absolute atomic E-state index is 0.0740. The van der Waals surface area contributed by atoms with Crippen molar-refractivity contribution in [1.82, 2.24) is 19.6 Å². The average Bonchev–Trinajstić information content (AvgIpc) is 2.82. The van der Waals surface area contributed by atoms with Crippen molar-refractivity contribution >= 4 is 23.9 Å². The van der Waals surface area contributed by atoms with Crippen LogP contribution in [0, 0.1) is 24.7 Å². The molecule has 1 aliphatic rings. The topological polar surface area (TPSA) is 181 Å². The van der Waals surface area contributed by atoms with Crippen LogP contribution in [-0.2, 0) is 28.7 Å². The second-order valence-corrected chi connectivity index (χ2v) is 8.64. The molecule has 0 aromatic rings.